The molecule has 1 aromatic heterocycles. The molecule has 0 radical (unpaired) electrons. The molecule has 2 heterocycles. The number of amides is 1. The number of nitrogens with zero attached hydrogens (tertiary/aromatic N) is 3. The second-order valence-electron chi connectivity index (χ2n) is 6.25. The molecule has 1 aliphatic heterocycles. The fourth-order valence-corrected chi connectivity index (χ4v) is 3.05. The summed E-state index contributed by atoms with van der Waals surface area (Å²) in [5.41, 5.74) is 0.605. The van der Waals surface area contributed by atoms with E-state index in [1.54, 1.807) is 4.90 Å². The van der Waals surface area contributed by atoms with Crippen molar-refractivity contribution in [2.45, 2.75) is 25.9 Å². The van der Waals surface area contributed by atoms with Crippen LogP contribution in [0.25, 0.3) is 0 Å². The Kier molecular flexibility index (Phi) is 4.97. The number of ether oxygens (including phenoxy) is 1. The van der Waals surface area contributed by atoms with Crippen molar-refractivity contribution in [1.29, 1.82) is 0 Å². The van der Waals surface area contributed by atoms with E-state index in [0.29, 0.717) is 38.0 Å². The van der Waals surface area contributed by atoms with E-state index in [-0.39, 0.29) is 6.61 Å². The number of carboxylic acid groups (broad SMARTS) is 1. The number of aliphatic carboxylic acids is 1. The Bertz CT molecular complexity index is 710. The van der Waals surface area contributed by atoms with Crippen molar-refractivity contribution in [3.8, 4) is 0 Å². The minimum absolute atomic E-state index is 0.208. The molecule has 1 amide bonds. The number of carbonyl (C=O) groups excluding carboxylic acids is 1. The van der Waals surface area contributed by atoms with E-state index in [2.05, 4.69) is 15.4 Å². The van der Waals surface area contributed by atoms with Crippen molar-refractivity contribution < 1.29 is 19.4 Å². The number of piperidine rings is 1. The minimum Gasteiger partial charge on any atom is -0.481 e. The van der Waals surface area contributed by atoms with Crippen LogP contribution in [0.4, 0.5) is 4.79 Å². The quantitative estimate of drug-likeness (QED) is 0.857. The molecule has 3 rings (SSSR count). The molecule has 0 unspecified atom stereocenters. The normalized spacial score (nSPS) is 16.4. The number of H-pyrrole nitrogens is 1. The fourth-order valence-electron chi connectivity index (χ4n) is 3.05. The molecule has 0 atom stereocenters. The minimum atomic E-state index is -0.924. The Balaban J connectivity index is 1.56. The second-order valence-corrected chi connectivity index (χ2v) is 6.25. The molecular formula is C17H20N4O4. The third-order valence-corrected chi connectivity index (χ3v) is 4.62. The first-order chi connectivity index (χ1) is 12.1. The average molecular weight is 344 g/mol. The van der Waals surface area contributed by atoms with Crippen LogP contribution in [0.1, 0.15) is 24.1 Å². The van der Waals surface area contributed by atoms with Gasteiger partial charge in [-0.3, -0.25) is 4.79 Å². The van der Waals surface area contributed by atoms with Crippen molar-refractivity contribution >= 4 is 12.1 Å². The van der Waals surface area contributed by atoms with Crippen LogP contribution in [0.5, 0.6) is 0 Å². The molecule has 0 bridgehead atoms. The zero-order valence-electron chi connectivity index (χ0n) is 13.7. The highest BCUT2D eigenvalue weighted by atomic mass is 16.6. The molecule has 1 saturated heterocycles. The van der Waals surface area contributed by atoms with Crippen molar-refractivity contribution in [3.63, 3.8) is 0 Å². The highest BCUT2D eigenvalue weighted by Crippen LogP contribution is 2.35. The van der Waals surface area contributed by atoms with Gasteiger partial charge in [-0.25, -0.2) is 4.79 Å². The number of hydrogen-bond donors (Lipinski definition) is 2. The van der Waals surface area contributed by atoms with Crippen LogP contribution in [-0.4, -0.2) is 50.6 Å². The standard InChI is InChI=1S/C17H20N4O4/c22-15(23)17(10-14-11-18-20-19-14)6-8-21(9-7-17)16(24)25-12-13-4-2-1-3-5-13/h1-5,11H,6-10,12H2,(H,22,23)(H,18,19,20). The van der Waals surface area contributed by atoms with Crippen LogP contribution in [0, 0.1) is 5.41 Å². The van der Waals surface area contributed by atoms with Gasteiger partial charge in [0.1, 0.15) is 6.61 Å². The van der Waals surface area contributed by atoms with Gasteiger partial charge in [0.05, 0.1) is 17.3 Å². The van der Waals surface area contributed by atoms with Gasteiger partial charge in [-0.1, -0.05) is 30.3 Å². The summed E-state index contributed by atoms with van der Waals surface area (Å²) in [6.07, 6.45) is 2.13. The van der Waals surface area contributed by atoms with Gasteiger partial charge in [0.25, 0.3) is 0 Å². The molecule has 8 nitrogen and oxygen atoms in total. The number of hydrogen-bond acceptors (Lipinski definition) is 5. The van der Waals surface area contributed by atoms with Gasteiger partial charge >= 0.3 is 12.1 Å². The molecule has 2 N–H and O–H groups in total. The maximum absolute atomic E-state index is 12.2. The Morgan fingerprint density at radius 3 is 2.56 bits per heavy atom. The van der Waals surface area contributed by atoms with Gasteiger partial charge in [-0.05, 0) is 18.4 Å². The van der Waals surface area contributed by atoms with E-state index >= 15 is 0 Å². The maximum atomic E-state index is 12.2. The van der Waals surface area contributed by atoms with Crippen LogP contribution in [0.3, 0.4) is 0 Å². The van der Waals surface area contributed by atoms with E-state index in [1.165, 1.54) is 6.20 Å². The molecule has 1 fully saturated rings. The van der Waals surface area contributed by atoms with Crippen molar-refractivity contribution in [2.24, 2.45) is 5.41 Å². The Morgan fingerprint density at radius 1 is 1.24 bits per heavy atom. The number of nitrogens with one attached hydrogen (secondary N) is 1. The van der Waals surface area contributed by atoms with Gasteiger partial charge in [-0.2, -0.15) is 15.4 Å². The second kappa shape index (κ2) is 7.33. The molecule has 8 heteroatoms. The van der Waals surface area contributed by atoms with Crippen molar-refractivity contribution in [3.05, 3.63) is 47.8 Å². The molecule has 132 valence electrons. The Labute approximate surface area is 144 Å². The lowest BCUT2D eigenvalue weighted by Crippen LogP contribution is -2.47. The molecule has 1 aliphatic rings. The highest BCUT2D eigenvalue weighted by molar-refractivity contribution is 5.76. The van der Waals surface area contributed by atoms with Gasteiger partial charge < -0.3 is 14.7 Å². The number of benzene rings is 1. The van der Waals surface area contributed by atoms with E-state index in [1.807, 2.05) is 30.3 Å². The predicted octanol–water partition coefficient (Wildman–Crippen LogP) is 1.85. The van der Waals surface area contributed by atoms with Gasteiger partial charge in [0, 0.05) is 19.5 Å². The summed E-state index contributed by atoms with van der Waals surface area (Å²) in [4.78, 5) is 25.6. The van der Waals surface area contributed by atoms with Gasteiger partial charge in [0.2, 0.25) is 0 Å². The van der Waals surface area contributed by atoms with Crippen LogP contribution in [0.2, 0.25) is 0 Å². The Morgan fingerprint density at radius 2 is 1.96 bits per heavy atom. The number of carboxylic acids is 1. The SMILES string of the molecule is O=C(OCc1ccccc1)N1CCC(Cc2cn[nH]n2)(C(=O)O)CC1. The number of carbonyl (C=O) groups is 2. The van der Waals surface area contributed by atoms with E-state index in [9.17, 15) is 14.7 Å². The Hall–Kier alpha value is -2.90. The third-order valence-electron chi connectivity index (χ3n) is 4.62. The zero-order chi connectivity index (χ0) is 17.7. The van der Waals surface area contributed by atoms with Gasteiger partial charge in [-0.15, -0.1) is 0 Å². The number of rotatable bonds is 5. The largest absolute Gasteiger partial charge is 0.481 e. The molecule has 0 spiro atoms. The summed E-state index contributed by atoms with van der Waals surface area (Å²) in [6, 6.07) is 9.44. The molecule has 25 heavy (non-hydrogen) atoms. The average Bonchev–Trinajstić information content (AvgIpc) is 3.14. The topological polar surface area (TPSA) is 108 Å². The predicted molar refractivity (Wildman–Crippen MR) is 87.6 cm³/mol. The number of aromatic amines is 1. The molecular weight excluding hydrogens is 324 g/mol. The first kappa shape index (κ1) is 16.9. The zero-order valence-corrected chi connectivity index (χ0v) is 13.7. The van der Waals surface area contributed by atoms with E-state index < -0.39 is 17.5 Å². The van der Waals surface area contributed by atoms with E-state index in [0.717, 1.165) is 5.56 Å². The maximum Gasteiger partial charge on any atom is 0.410 e. The third kappa shape index (κ3) is 3.96. The van der Waals surface area contributed by atoms with Crippen LogP contribution in [0.15, 0.2) is 36.5 Å². The summed E-state index contributed by atoms with van der Waals surface area (Å²) >= 11 is 0. The summed E-state index contributed by atoms with van der Waals surface area (Å²) in [5, 5.41) is 19.8. The van der Waals surface area contributed by atoms with E-state index in [4.69, 9.17) is 4.74 Å². The molecule has 0 saturated carbocycles. The van der Waals surface area contributed by atoms with Crippen molar-refractivity contribution in [1.82, 2.24) is 20.3 Å². The molecule has 2 aromatic rings. The molecule has 1 aromatic carbocycles. The summed E-state index contributed by atoms with van der Waals surface area (Å²) < 4.78 is 5.31. The summed E-state index contributed by atoms with van der Waals surface area (Å²) in [6.45, 7) is 0.898. The first-order valence-electron chi connectivity index (χ1n) is 8.13. The van der Waals surface area contributed by atoms with Crippen molar-refractivity contribution in [2.75, 3.05) is 13.1 Å². The molecule has 0 aliphatic carbocycles. The van der Waals surface area contributed by atoms with Crippen LogP contribution < -0.4 is 0 Å². The lowest BCUT2D eigenvalue weighted by Gasteiger charge is -2.37. The summed E-state index contributed by atoms with van der Waals surface area (Å²) in [7, 11) is 0. The smallest absolute Gasteiger partial charge is 0.410 e. The lowest BCUT2D eigenvalue weighted by atomic mass is 9.75. The van der Waals surface area contributed by atoms with Crippen LogP contribution >= 0.6 is 0 Å². The number of aromatic nitrogens is 3. The monoisotopic (exact) mass is 344 g/mol. The fraction of sp³-hybridized carbons (Fsp3) is 0.412. The first-order valence-corrected chi connectivity index (χ1v) is 8.13. The number of likely N-dealkylation sites (tertiary alicyclic amines) is 1. The summed E-state index contributed by atoms with van der Waals surface area (Å²) in [5.74, 6) is -0.868. The van der Waals surface area contributed by atoms with Gasteiger partial charge in [0.15, 0.2) is 0 Å². The lowest BCUT2D eigenvalue weighted by molar-refractivity contribution is -0.152. The highest BCUT2D eigenvalue weighted by Gasteiger charge is 2.43. The van der Waals surface area contributed by atoms with Crippen LogP contribution in [-0.2, 0) is 22.6 Å².